The van der Waals surface area contributed by atoms with Crippen LogP contribution in [-0.4, -0.2) is 26.6 Å². The lowest BCUT2D eigenvalue weighted by molar-refractivity contribution is 0.452. The largest absolute Gasteiger partial charge is 0.339 e. The minimum atomic E-state index is 0.804. The van der Waals surface area contributed by atoms with Gasteiger partial charge < -0.3 is 9.13 Å². The highest BCUT2D eigenvalue weighted by Gasteiger charge is 2.22. The number of benzene rings is 2. The Labute approximate surface area is 471 Å². The molecule has 10 aromatic rings. The second-order valence-corrected chi connectivity index (χ2v) is 26.9. The Morgan fingerprint density at radius 2 is 0.915 bits per heavy atom. The van der Waals surface area contributed by atoms with Gasteiger partial charge in [0.05, 0.1) is 64.3 Å². The zero-order valence-corrected chi connectivity index (χ0v) is 51.9. The normalized spacial score (nSPS) is 12.7. The van der Waals surface area contributed by atoms with E-state index in [1.54, 1.807) is 14.5 Å². The molecule has 0 spiro atoms. The third-order valence-electron chi connectivity index (χ3n) is 13.9. The molecule has 2 atom stereocenters. The lowest BCUT2D eigenvalue weighted by Gasteiger charge is -2.12. The third-order valence-corrected chi connectivity index (χ3v) is 21.6. The Morgan fingerprint density at radius 1 is 0.465 bits per heavy atom. The topological polar surface area (TPSA) is 61.4 Å². The van der Waals surface area contributed by atoms with Crippen LogP contribution >= 0.6 is 117 Å². The molecule has 0 amide bonds. The molecule has 0 aliphatic heterocycles. The number of hydrogen-bond donors (Lipinski definition) is 0. The number of fused-ring (bicyclic) bond motifs is 8. The van der Waals surface area contributed by atoms with Crippen molar-refractivity contribution in [1.82, 2.24) is 26.6 Å². The van der Waals surface area contributed by atoms with Crippen LogP contribution in [0.4, 0.5) is 0 Å². The minimum absolute atomic E-state index is 0.804. The van der Waals surface area contributed by atoms with E-state index < -0.39 is 0 Å². The van der Waals surface area contributed by atoms with E-state index in [0.29, 0.717) is 0 Å². The van der Waals surface area contributed by atoms with Gasteiger partial charge in [0, 0.05) is 46.7 Å². The number of rotatable bonds is 23. The van der Waals surface area contributed by atoms with E-state index in [4.69, 9.17) is 0 Å². The van der Waals surface area contributed by atoms with Gasteiger partial charge in [-0.1, -0.05) is 138 Å². The van der Waals surface area contributed by atoms with E-state index in [1.165, 1.54) is 192 Å². The molecule has 380 valence electrons. The average Bonchev–Trinajstić information content (AvgIpc) is 4.25. The van der Waals surface area contributed by atoms with Gasteiger partial charge in [0.2, 0.25) is 0 Å². The van der Waals surface area contributed by atoms with E-state index in [9.17, 15) is 0 Å². The van der Waals surface area contributed by atoms with Crippen LogP contribution in [0.3, 0.4) is 0 Å². The first kappa shape index (κ1) is 55.2. The van der Waals surface area contributed by atoms with Crippen molar-refractivity contribution in [3.63, 3.8) is 0 Å². The summed E-state index contributed by atoms with van der Waals surface area (Å²) >= 11 is 20.9. The molecule has 0 aliphatic rings. The van der Waals surface area contributed by atoms with Gasteiger partial charge in [0.25, 0.3) is 0 Å². The summed E-state index contributed by atoms with van der Waals surface area (Å²) in [6.45, 7) is 16.2. The number of hydrogen-bond acceptors (Lipinski definition) is 10. The van der Waals surface area contributed by atoms with Crippen LogP contribution in [0.25, 0.3) is 73.4 Å². The maximum atomic E-state index is 4.64. The Hall–Kier alpha value is -2.08. The smallest absolute Gasteiger partial charge is 0.120 e. The fourth-order valence-corrected chi connectivity index (χ4v) is 17.5. The standard InChI is InChI=1S/C28H34BrN3S3.C22H33NS2.C6H2Br2N2S/c1-4-7-9-10-14-32-22-16-19(15-18(6-3)11-8-5-2)33-27(22)28-23(32)17-24(34-28)20-12-13-21(29)26-25(20)30-35-31-26;1-4-7-9-10-13-23-19-12-14-24-21(19)22-20(23)16-18(25-22)15-17(6-3)11-8-5-2;7-3-1-2-4(8)6-5(3)9-11-10-6/h12-13,16-18H,4-11,14-15H2,1-3H3;12,14,16-17H,4-11,13,15H2,1-3H3;1-2H. The molecule has 8 heterocycles. The summed E-state index contributed by atoms with van der Waals surface area (Å²) < 4.78 is 31.6. The van der Waals surface area contributed by atoms with Crippen molar-refractivity contribution in [1.29, 1.82) is 0 Å². The summed E-state index contributed by atoms with van der Waals surface area (Å²) in [4.78, 5) is 4.46. The first-order valence-electron chi connectivity index (χ1n) is 26.2. The Bertz CT molecular complexity index is 3200. The predicted octanol–water partition coefficient (Wildman–Crippen LogP) is 22.2. The van der Waals surface area contributed by atoms with Crippen LogP contribution < -0.4 is 0 Å². The molecule has 71 heavy (non-hydrogen) atoms. The van der Waals surface area contributed by atoms with E-state index in [0.717, 1.165) is 53.9 Å². The number of unbranched alkanes of at least 4 members (excludes halogenated alkanes) is 8. The summed E-state index contributed by atoms with van der Waals surface area (Å²) in [5, 5.41) is 2.27. The Morgan fingerprint density at radius 3 is 1.44 bits per heavy atom. The van der Waals surface area contributed by atoms with Crippen LogP contribution in [0.2, 0.25) is 0 Å². The molecule has 0 saturated carbocycles. The van der Waals surface area contributed by atoms with Crippen LogP contribution in [0, 0.1) is 11.8 Å². The highest BCUT2D eigenvalue weighted by molar-refractivity contribution is 9.11. The molecular formula is C56H69Br3N6S6. The van der Waals surface area contributed by atoms with Crippen LogP contribution in [0.5, 0.6) is 0 Å². The molecular weight excluding hydrogens is 1190 g/mol. The van der Waals surface area contributed by atoms with Crippen LogP contribution in [0.15, 0.2) is 67.3 Å². The molecule has 8 aromatic heterocycles. The zero-order valence-electron chi connectivity index (χ0n) is 42.3. The maximum Gasteiger partial charge on any atom is 0.120 e. The number of halogens is 3. The van der Waals surface area contributed by atoms with Crippen molar-refractivity contribution in [3.8, 4) is 10.4 Å². The maximum absolute atomic E-state index is 4.64. The van der Waals surface area contributed by atoms with Crippen molar-refractivity contribution in [3.05, 3.63) is 77.1 Å². The summed E-state index contributed by atoms with van der Waals surface area (Å²) in [6.07, 6.45) is 23.7. The molecule has 2 unspecified atom stereocenters. The monoisotopic (exact) mass is 1250 g/mol. The number of thiophene rings is 4. The van der Waals surface area contributed by atoms with E-state index >= 15 is 0 Å². The molecule has 6 nitrogen and oxygen atoms in total. The summed E-state index contributed by atoms with van der Waals surface area (Å²) in [7, 11) is 0. The molecule has 2 aromatic carbocycles. The average molecular weight is 1260 g/mol. The van der Waals surface area contributed by atoms with Crippen molar-refractivity contribution in [2.24, 2.45) is 11.8 Å². The molecule has 0 bridgehead atoms. The van der Waals surface area contributed by atoms with Crippen molar-refractivity contribution in [2.75, 3.05) is 0 Å². The van der Waals surface area contributed by atoms with Crippen molar-refractivity contribution >= 4 is 180 Å². The quantitative estimate of drug-likeness (QED) is 0.0599. The van der Waals surface area contributed by atoms with Gasteiger partial charge in [-0.2, -0.15) is 17.5 Å². The zero-order chi connectivity index (χ0) is 49.9. The Balaban J connectivity index is 0.000000162. The second kappa shape index (κ2) is 27.1. The number of nitrogens with zero attached hydrogens (tertiary/aromatic N) is 6. The first-order chi connectivity index (χ1) is 34.7. The second-order valence-electron chi connectivity index (χ2n) is 19.0. The van der Waals surface area contributed by atoms with Crippen molar-refractivity contribution in [2.45, 2.75) is 170 Å². The Kier molecular flexibility index (Phi) is 21.1. The van der Waals surface area contributed by atoms with Gasteiger partial charge in [-0.15, -0.1) is 45.3 Å². The minimum Gasteiger partial charge on any atom is -0.339 e. The highest BCUT2D eigenvalue weighted by atomic mass is 79.9. The third kappa shape index (κ3) is 13.1. The van der Waals surface area contributed by atoms with E-state index in [1.807, 2.05) is 46.1 Å². The van der Waals surface area contributed by atoms with Crippen LogP contribution in [-0.2, 0) is 25.9 Å². The summed E-state index contributed by atoms with van der Waals surface area (Å²) in [5.41, 5.74) is 10.8. The van der Waals surface area contributed by atoms with Gasteiger partial charge in [0.15, 0.2) is 0 Å². The molecule has 0 N–H and O–H groups in total. The predicted molar refractivity (Wildman–Crippen MR) is 330 cm³/mol. The molecule has 0 aliphatic carbocycles. The fourth-order valence-electron chi connectivity index (χ4n) is 9.78. The highest BCUT2D eigenvalue weighted by Crippen LogP contribution is 2.46. The molecule has 0 fully saturated rings. The van der Waals surface area contributed by atoms with Gasteiger partial charge in [-0.3, -0.25) is 0 Å². The molecule has 15 heteroatoms. The van der Waals surface area contributed by atoms with Crippen molar-refractivity contribution < 1.29 is 0 Å². The lowest BCUT2D eigenvalue weighted by Crippen LogP contribution is -2.02. The van der Waals surface area contributed by atoms with Crippen LogP contribution in [0.1, 0.15) is 154 Å². The van der Waals surface area contributed by atoms with Gasteiger partial charge in [-0.25, -0.2) is 0 Å². The molecule has 0 saturated heterocycles. The van der Waals surface area contributed by atoms with Gasteiger partial charge >= 0.3 is 0 Å². The summed E-state index contributed by atoms with van der Waals surface area (Å²) in [5.74, 6) is 1.66. The number of aromatic nitrogens is 6. The summed E-state index contributed by atoms with van der Waals surface area (Å²) in [6, 6.07) is 18.0. The first-order valence-corrected chi connectivity index (χ1v) is 33.4. The van der Waals surface area contributed by atoms with Gasteiger partial charge in [-0.05, 0) is 133 Å². The fraction of sp³-hybridized carbons (Fsp3) is 0.500. The van der Waals surface area contributed by atoms with E-state index in [2.05, 4.69) is 169 Å². The van der Waals surface area contributed by atoms with E-state index in [-0.39, 0.29) is 0 Å². The molecule has 0 radical (unpaired) electrons. The lowest BCUT2D eigenvalue weighted by atomic mass is 9.95. The number of aryl methyl sites for hydroxylation is 2. The van der Waals surface area contributed by atoms with Gasteiger partial charge in [0.1, 0.15) is 22.1 Å². The SMILES string of the molecule is Brc1ccc(Br)c2nsnc12.CCCCCCn1c2cc(CC(CC)CCCC)sc2c2sc(-c3ccc(Br)c4nsnc34)cc21.CCCCCCn1c2ccsc2c2sc(CC(CC)CCCC)cc21. The molecule has 10 rings (SSSR count).